The minimum Gasteiger partial charge on any atom is -0.497 e. The van der Waals surface area contributed by atoms with Gasteiger partial charge in [0.15, 0.2) is 17.6 Å². The zero-order valence-electron chi connectivity index (χ0n) is 16.7. The molecule has 0 fully saturated rings. The van der Waals surface area contributed by atoms with Gasteiger partial charge in [-0.25, -0.2) is 4.79 Å². The van der Waals surface area contributed by atoms with E-state index in [9.17, 15) is 4.79 Å². The van der Waals surface area contributed by atoms with Gasteiger partial charge in [0.1, 0.15) is 5.75 Å². The quantitative estimate of drug-likeness (QED) is 0.524. The van der Waals surface area contributed by atoms with Crippen molar-refractivity contribution in [3.63, 3.8) is 0 Å². The van der Waals surface area contributed by atoms with E-state index in [1.807, 2.05) is 6.92 Å². The van der Waals surface area contributed by atoms with E-state index in [1.165, 1.54) is 7.11 Å². The Kier molecular flexibility index (Phi) is 6.33. The molecule has 0 aliphatic heterocycles. The van der Waals surface area contributed by atoms with Crippen LogP contribution < -0.4 is 14.2 Å². The first-order valence-electron chi connectivity index (χ1n) is 9.05. The molecule has 29 heavy (non-hydrogen) atoms. The number of esters is 1. The summed E-state index contributed by atoms with van der Waals surface area (Å²) < 4.78 is 27.0. The Bertz CT molecular complexity index is 968. The fraction of sp³-hybridized carbons (Fsp3) is 0.286. The molecule has 3 rings (SSSR count). The average Bonchev–Trinajstić information content (AvgIpc) is 3.24. The third-order valence-corrected chi connectivity index (χ3v) is 4.11. The summed E-state index contributed by atoms with van der Waals surface area (Å²) in [6.45, 7) is 3.96. The van der Waals surface area contributed by atoms with Crippen LogP contribution in [-0.4, -0.2) is 37.0 Å². The molecule has 0 unspecified atom stereocenters. The lowest BCUT2D eigenvalue weighted by molar-refractivity contribution is 0.0279. The van der Waals surface area contributed by atoms with E-state index in [2.05, 4.69) is 10.2 Å². The lowest BCUT2D eigenvalue weighted by Crippen LogP contribution is -2.10. The first kappa shape index (κ1) is 20.2. The first-order valence-corrected chi connectivity index (χ1v) is 9.05. The number of hydrogen-bond acceptors (Lipinski definition) is 8. The molecule has 1 atom stereocenters. The van der Waals surface area contributed by atoms with Crippen molar-refractivity contribution in [1.29, 1.82) is 0 Å². The van der Waals surface area contributed by atoms with Crippen LogP contribution in [0.1, 0.15) is 36.2 Å². The number of ether oxygens (including phenoxy) is 4. The SMILES string of the molecule is CCOc1cc(C(=O)O[C@H](C)c2nnc(-c3ccc(OC)cc3)o2)ccc1OC. The highest BCUT2D eigenvalue weighted by molar-refractivity contribution is 5.90. The summed E-state index contributed by atoms with van der Waals surface area (Å²) >= 11 is 0. The van der Waals surface area contributed by atoms with Crippen LogP contribution in [0.5, 0.6) is 17.2 Å². The summed E-state index contributed by atoms with van der Waals surface area (Å²) in [4.78, 5) is 12.5. The van der Waals surface area contributed by atoms with Crippen LogP contribution in [0.4, 0.5) is 0 Å². The van der Waals surface area contributed by atoms with Crippen LogP contribution in [0.2, 0.25) is 0 Å². The summed E-state index contributed by atoms with van der Waals surface area (Å²) in [7, 11) is 3.13. The predicted molar refractivity (Wildman–Crippen MR) is 104 cm³/mol. The number of carbonyl (C=O) groups is 1. The van der Waals surface area contributed by atoms with E-state index < -0.39 is 12.1 Å². The molecule has 0 saturated carbocycles. The number of nitrogens with zero attached hydrogens (tertiary/aromatic N) is 2. The molecule has 0 aliphatic carbocycles. The highest BCUT2D eigenvalue weighted by Crippen LogP contribution is 2.29. The van der Waals surface area contributed by atoms with E-state index in [-0.39, 0.29) is 5.89 Å². The van der Waals surface area contributed by atoms with E-state index in [0.29, 0.717) is 29.6 Å². The number of aromatic nitrogens is 2. The maximum Gasteiger partial charge on any atom is 0.339 e. The Morgan fingerprint density at radius 1 is 1.03 bits per heavy atom. The first-order chi connectivity index (χ1) is 14.0. The zero-order valence-corrected chi connectivity index (χ0v) is 16.7. The second kappa shape index (κ2) is 9.09. The maximum atomic E-state index is 12.5. The van der Waals surface area contributed by atoms with Gasteiger partial charge in [0.05, 0.1) is 26.4 Å². The fourth-order valence-electron chi connectivity index (χ4n) is 2.60. The predicted octanol–water partition coefficient (Wildman–Crippen LogP) is 4.07. The molecule has 1 aromatic heterocycles. The number of hydrogen-bond donors (Lipinski definition) is 0. The van der Waals surface area contributed by atoms with Crippen molar-refractivity contribution in [2.45, 2.75) is 20.0 Å². The van der Waals surface area contributed by atoms with Gasteiger partial charge in [-0.1, -0.05) is 0 Å². The second-order valence-electron chi connectivity index (χ2n) is 6.02. The monoisotopic (exact) mass is 398 g/mol. The smallest absolute Gasteiger partial charge is 0.339 e. The normalized spacial score (nSPS) is 11.6. The minimum atomic E-state index is -0.723. The summed E-state index contributed by atoms with van der Waals surface area (Å²) in [6, 6.07) is 12.0. The van der Waals surface area contributed by atoms with Gasteiger partial charge < -0.3 is 23.4 Å². The summed E-state index contributed by atoms with van der Waals surface area (Å²) in [5.74, 6) is 1.72. The summed E-state index contributed by atoms with van der Waals surface area (Å²) in [5, 5.41) is 8.01. The Morgan fingerprint density at radius 2 is 1.79 bits per heavy atom. The van der Waals surface area contributed by atoms with Crippen molar-refractivity contribution in [2.24, 2.45) is 0 Å². The van der Waals surface area contributed by atoms with Crippen molar-refractivity contribution >= 4 is 5.97 Å². The molecule has 1 heterocycles. The van der Waals surface area contributed by atoms with Crippen LogP contribution in [0.3, 0.4) is 0 Å². The van der Waals surface area contributed by atoms with Gasteiger partial charge in [0.2, 0.25) is 5.89 Å². The van der Waals surface area contributed by atoms with Crippen molar-refractivity contribution < 1.29 is 28.2 Å². The van der Waals surface area contributed by atoms with Gasteiger partial charge in [0, 0.05) is 5.56 Å². The van der Waals surface area contributed by atoms with Gasteiger partial charge in [-0.05, 0) is 56.3 Å². The van der Waals surface area contributed by atoms with E-state index >= 15 is 0 Å². The summed E-state index contributed by atoms with van der Waals surface area (Å²) in [6.07, 6.45) is -0.723. The van der Waals surface area contributed by atoms with Crippen LogP contribution in [-0.2, 0) is 4.74 Å². The molecule has 0 aliphatic rings. The van der Waals surface area contributed by atoms with Gasteiger partial charge in [-0.2, -0.15) is 0 Å². The highest BCUT2D eigenvalue weighted by Gasteiger charge is 2.21. The lowest BCUT2D eigenvalue weighted by atomic mass is 10.2. The number of rotatable bonds is 8. The number of carbonyl (C=O) groups excluding carboxylic acids is 1. The Morgan fingerprint density at radius 3 is 2.45 bits per heavy atom. The highest BCUT2D eigenvalue weighted by atomic mass is 16.6. The van der Waals surface area contributed by atoms with E-state index in [0.717, 1.165) is 11.3 Å². The van der Waals surface area contributed by atoms with Crippen LogP contribution in [0.15, 0.2) is 46.9 Å². The zero-order chi connectivity index (χ0) is 20.8. The average molecular weight is 398 g/mol. The van der Waals surface area contributed by atoms with Gasteiger partial charge in [-0.3, -0.25) is 0 Å². The number of methoxy groups -OCH3 is 2. The van der Waals surface area contributed by atoms with Crippen molar-refractivity contribution in [3.05, 3.63) is 53.9 Å². The molecular formula is C21H22N2O6. The molecule has 152 valence electrons. The van der Waals surface area contributed by atoms with Crippen molar-refractivity contribution in [1.82, 2.24) is 10.2 Å². The Hall–Kier alpha value is -3.55. The van der Waals surface area contributed by atoms with Gasteiger partial charge >= 0.3 is 5.97 Å². The summed E-state index contributed by atoms with van der Waals surface area (Å²) in [5.41, 5.74) is 1.07. The Labute approximate surface area is 168 Å². The van der Waals surface area contributed by atoms with Crippen molar-refractivity contribution in [3.8, 4) is 28.7 Å². The molecule has 0 spiro atoms. The fourth-order valence-corrected chi connectivity index (χ4v) is 2.60. The van der Waals surface area contributed by atoms with Crippen LogP contribution in [0, 0.1) is 0 Å². The third kappa shape index (κ3) is 4.66. The van der Waals surface area contributed by atoms with Gasteiger partial charge in [-0.15, -0.1) is 10.2 Å². The second-order valence-corrected chi connectivity index (χ2v) is 6.02. The minimum absolute atomic E-state index is 0.197. The van der Waals surface area contributed by atoms with E-state index in [1.54, 1.807) is 56.5 Å². The standard InChI is InChI=1S/C21H22N2O6/c1-5-27-18-12-15(8-11-17(18)26-4)21(24)28-13(2)19-22-23-20(29-19)14-6-9-16(25-3)10-7-14/h6-13H,5H2,1-4H3/t13-/m1/s1. The van der Waals surface area contributed by atoms with E-state index in [4.69, 9.17) is 23.4 Å². The third-order valence-electron chi connectivity index (χ3n) is 4.11. The molecule has 3 aromatic rings. The Balaban J connectivity index is 1.71. The largest absolute Gasteiger partial charge is 0.497 e. The molecular weight excluding hydrogens is 376 g/mol. The lowest BCUT2D eigenvalue weighted by Gasteiger charge is -2.12. The topological polar surface area (TPSA) is 92.9 Å². The molecule has 0 bridgehead atoms. The molecule has 0 N–H and O–H groups in total. The van der Waals surface area contributed by atoms with Crippen LogP contribution >= 0.6 is 0 Å². The number of benzene rings is 2. The van der Waals surface area contributed by atoms with Crippen LogP contribution in [0.25, 0.3) is 11.5 Å². The maximum absolute atomic E-state index is 12.5. The molecule has 8 heteroatoms. The molecule has 8 nitrogen and oxygen atoms in total. The molecule has 2 aromatic carbocycles. The van der Waals surface area contributed by atoms with Crippen molar-refractivity contribution in [2.75, 3.05) is 20.8 Å². The van der Waals surface area contributed by atoms with Gasteiger partial charge in [0.25, 0.3) is 5.89 Å². The molecule has 0 saturated heterocycles. The molecule has 0 amide bonds. The molecule has 0 radical (unpaired) electrons.